The van der Waals surface area contributed by atoms with E-state index in [0.717, 1.165) is 0 Å². The molecule has 6 nitrogen and oxygen atoms in total. The molecule has 0 atom stereocenters. The maximum absolute atomic E-state index is 11.8. The second kappa shape index (κ2) is 4.40. The SMILES string of the molecule is CCOC(=O)c1c(-c2cncn2C)noc1C. The van der Waals surface area contributed by atoms with E-state index in [-0.39, 0.29) is 0 Å². The standard InChI is InChI=1S/C11H13N3O3/c1-4-16-11(15)9-7(2)17-13-10(9)8-5-12-6-14(8)3/h5-6H,4H2,1-3H3. The summed E-state index contributed by atoms with van der Waals surface area (Å²) in [7, 11) is 1.82. The summed E-state index contributed by atoms with van der Waals surface area (Å²) in [6.07, 6.45) is 3.26. The number of imidazole rings is 1. The molecule has 0 aliphatic heterocycles. The lowest BCUT2D eigenvalue weighted by molar-refractivity contribution is 0.0525. The van der Waals surface area contributed by atoms with Gasteiger partial charge in [0, 0.05) is 7.05 Å². The molecule has 0 bridgehead atoms. The Hall–Kier alpha value is -2.11. The quantitative estimate of drug-likeness (QED) is 0.755. The van der Waals surface area contributed by atoms with Crippen LogP contribution in [0, 0.1) is 6.92 Å². The van der Waals surface area contributed by atoms with Crippen LogP contribution in [0.2, 0.25) is 0 Å². The van der Waals surface area contributed by atoms with E-state index in [1.54, 1.807) is 30.9 Å². The first-order valence-electron chi connectivity index (χ1n) is 5.25. The Morgan fingerprint density at radius 3 is 2.94 bits per heavy atom. The van der Waals surface area contributed by atoms with Crippen LogP contribution < -0.4 is 0 Å². The van der Waals surface area contributed by atoms with E-state index in [2.05, 4.69) is 10.1 Å². The predicted molar refractivity (Wildman–Crippen MR) is 59.4 cm³/mol. The fourth-order valence-corrected chi connectivity index (χ4v) is 1.58. The van der Waals surface area contributed by atoms with Crippen LogP contribution in [0.3, 0.4) is 0 Å². The van der Waals surface area contributed by atoms with Crippen LogP contribution in [0.15, 0.2) is 17.0 Å². The Bertz CT molecular complexity index is 542. The van der Waals surface area contributed by atoms with Gasteiger partial charge in [0.05, 0.1) is 24.8 Å². The number of hydrogen-bond acceptors (Lipinski definition) is 5. The maximum atomic E-state index is 11.8. The summed E-state index contributed by atoms with van der Waals surface area (Å²) in [6.45, 7) is 3.75. The van der Waals surface area contributed by atoms with Crippen LogP contribution in [0.4, 0.5) is 0 Å². The largest absolute Gasteiger partial charge is 0.462 e. The van der Waals surface area contributed by atoms with Crippen LogP contribution in [-0.2, 0) is 11.8 Å². The molecular formula is C11H13N3O3. The summed E-state index contributed by atoms with van der Waals surface area (Å²) in [5.74, 6) is 0.0158. The fraction of sp³-hybridized carbons (Fsp3) is 0.364. The van der Waals surface area contributed by atoms with E-state index in [1.165, 1.54) is 0 Å². The lowest BCUT2D eigenvalue weighted by atomic mass is 10.1. The van der Waals surface area contributed by atoms with Gasteiger partial charge in [-0.1, -0.05) is 5.16 Å². The van der Waals surface area contributed by atoms with Crippen molar-refractivity contribution in [3.63, 3.8) is 0 Å². The first-order chi connectivity index (χ1) is 8.15. The molecule has 0 radical (unpaired) electrons. The van der Waals surface area contributed by atoms with Crippen molar-refractivity contribution in [3.8, 4) is 11.4 Å². The highest BCUT2D eigenvalue weighted by Gasteiger charge is 2.24. The van der Waals surface area contributed by atoms with Gasteiger partial charge < -0.3 is 13.8 Å². The number of hydrogen-bond donors (Lipinski definition) is 0. The molecule has 0 amide bonds. The van der Waals surface area contributed by atoms with Crippen LogP contribution in [0.5, 0.6) is 0 Å². The highest BCUT2D eigenvalue weighted by Crippen LogP contribution is 2.25. The molecule has 0 unspecified atom stereocenters. The molecule has 0 spiro atoms. The summed E-state index contributed by atoms with van der Waals surface area (Å²) < 4.78 is 11.8. The molecular weight excluding hydrogens is 222 g/mol. The number of ether oxygens (including phenoxy) is 1. The molecule has 0 saturated heterocycles. The zero-order valence-electron chi connectivity index (χ0n) is 9.93. The summed E-state index contributed by atoms with van der Waals surface area (Å²) in [6, 6.07) is 0. The second-order valence-corrected chi connectivity index (χ2v) is 3.57. The molecule has 0 aromatic carbocycles. The van der Waals surface area contributed by atoms with Crippen molar-refractivity contribution in [1.82, 2.24) is 14.7 Å². The van der Waals surface area contributed by atoms with Crippen molar-refractivity contribution in [3.05, 3.63) is 23.8 Å². The van der Waals surface area contributed by atoms with Crippen LogP contribution >= 0.6 is 0 Å². The summed E-state index contributed by atoms with van der Waals surface area (Å²) in [5.41, 5.74) is 1.53. The molecule has 0 saturated carbocycles. The van der Waals surface area contributed by atoms with E-state index in [4.69, 9.17) is 9.26 Å². The van der Waals surface area contributed by atoms with Crippen LogP contribution in [0.1, 0.15) is 23.0 Å². The predicted octanol–water partition coefficient (Wildman–Crippen LogP) is 1.56. The van der Waals surface area contributed by atoms with Gasteiger partial charge >= 0.3 is 5.97 Å². The van der Waals surface area contributed by atoms with Crippen molar-refractivity contribution < 1.29 is 14.1 Å². The number of aryl methyl sites for hydroxylation is 2. The highest BCUT2D eigenvalue weighted by molar-refractivity contribution is 5.96. The zero-order valence-corrected chi connectivity index (χ0v) is 9.93. The van der Waals surface area contributed by atoms with Gasteiger partial charge in [0.15, 0.2) is 0 Å². The number of esters is 1. The summed E-state index contributed by atoms with van der Waals surface area (Å²) in [4.78, 5) is 15.8. The first kappa shape index (κ1) is 11.4. The minimum absolute atomic E-state index is 0.314. The zero-order chi connectivity index (χ0) is 12.4. The van der Waals surface area contributed by atoms with Gasteiger partial charge in [-0.05, 0) is 13.8 Å². The monoisotopic (exact) mass is 235 g/mol. The van der Waals surface area contributed by atoms with Gasteiger partial charge in [-0.25, -0.2) is 9.78 Å². The Morgan fingerprint density at radius 1 is 1.59 bits per heavy atom. The topological polar surface area (TPSA) is 70.2 Å². The fourth-order valence-electron chi connectivity index (χ4n) is 1.58. The normalized spacial score (nSPS) is 10.5. The molecule has 0 aliphatic rings. The van der Waals surface area contributed by atoms with Gasteiger partial charge in [-0.15, -0.1) is 0 Å². The third-order valence-corrected chi connectivity index (χ3v) is 2.40. The lowest BCUT2D eigenvalue weighted by Crippen LogP contribution is -2.07. The third-order valence-electron chi connectivity index (χ3n) is 2.40. The van der Waals surface area contributed by atoms with E-state index >= 15 is 0 Å². The molecule has 0 aliphatic carbocycles. The van der Waals surface area contributed by atoms with Crippen molar-refractivity contribution in [1.29, 1.82) is 0 Å². The molecule has 90 valence electrons. The number of aromatic nitrogens is 3. The molecule has 17 heavy (non-hydrogen) atoms. The molecule has 2 aromatic rings. The first-order valence-corrected chi connectivity index (χ1v) is 5.25. The summed E-state index contributed by atoms with van der Waals surface area (Å²) >= 11 is 0. The maximum Gasteiger partial charge on any atom is 0.344 e. The molecule has 2 rings (SSSR count). The van der Waals surface area contributed by atoms with Gasteiger partial charge in [0.25, 0.3) is 0 Å². The second-order valence-electron chi connectivity index (χ2n) is 3.57. The van der Waals surface area contributed by atoms with E-state index in [1.807, 2.05) is 7.05 Å². The Labute approximate surface area is 98.2 Å². The van der Waals surface area contributed by atoms with Gasteiger partial charge in [0.2, 0.25) is 0 Å². The van der Waals surface area contributed by atoms with E-state index < -0.39 is 5.97 Å². The molecule has 2 aromatic heterocycles. The third kappa shape index (κ3) is 1.93. The van der Waals surface area contributed by atoms with Crippen molar-refractivity contribution in [2.24, 2.45) is 7.05 Å². The molecule has 0 fully saturated rings. The average Bonchev–Trinajstić information content (AvgIpc) is 2.84. The Balaban J connectivity index is 2.50. The van der Waals surface area contributed by atoms with Crippen LogP contribution in [0.25, 0.3) is 11.4 Å². The number of carbonyl (C=O) groups is 1. The van der Waals surface area contributed by atoms with Crippen molar-refractivity contribution in [2.45, 2.75) is 13.8 Å². The number of nitrogens with zero attached hydrogens (tertiary/aromatic N) is 3. The van der Waals surface area contributed by atoms with Gasteiger partial charge in [-0.2, -0.15) is 0 Å². The molecule has 2 heterocycles. The Kier molecular flexibility index (Phi) is 2.95. The van der Waals surface area contributed by atoms with Crippen molar-refractivity contribution >= 4 is 5.97 Å². The minimum Gasteiger partial charge on any atom is -0.462 e. The van der Waals surface area contributed by atoms with E-state index in [0.29, 0.717) is 29.3 Å². The summed E-state index contributed by atoms with van der Waals surface area (Å²) in [5, 5.41) is 3.89. The smallest absolute Gasteiger partial charge is 0.344 e. The van der Waals surface area contributed by atoms with Gasteiger partial charge in [0.1, 0.15) is 17.0 Å². The Morgan fingerprint density at radius 2 is 2.35 bits per heavy atom. The van der Waals surface area contributed by atoms with E-state index in [9.17, 15) is 4.79 Å². The van der Waals surface area contributed by atoms with Crippen LogP contribution in [-0.4, -0.2) is 27.3 Å². The van der Waals surface area contributed by atoms with Crippen molar-refractivity contribution in [2.75, 3.05) is 6.61 Å². The average molecular weight is 235 g/mol. The number of rotatable bonds is 3. The number of carbonyl (C=O) groups excluding carboxylic acids is 1. The highest BCUT2D eigenvalue weighted by atomic mass is 16.5. The molecule has 6 heteroatoms. The van der Waals surface area contributed by atoms with Gasteiger partial charge in [-0.3, -0.25) is 0 Å². The molecule has 0 N–H and O–H groups in total. The minimum atomic E-state index is -0.428. The lowest BCUT2D eigenvalue weighted by Gasteiger charge is -2.02.